The van der Waals surface area contributed by atoms with Crippen LogP contribution >= 0.6 is 0 Å². The molecule has 0 radical (unpaired) electrons. The van der Waals surface area contributed by atoms with Crippen LogP contribution < -0.4 is 9.47 Å². The molecule has 0 aromatic heterocycles. The van der Waals surface area contributed by atoms with Gasteiger partial charge >= 0.3 is 5.97 Å². The molecule has 0 unspecified atom stereocenters. The summed E-state index contributed by atoms with van der Waals surface area (Å²) in [4.78, 5) is 11.8. The Balaban J connectivity index is 1.93. The Kier molecular flexibility index (Phi) is 6.30. The predicted octanol–water partition coefficient (Wildman–Crippen LogP) is 4.35. The number of hydrogen-bond acceptors (Lipinski definition) is 4. The van der Waals surface area contributed by atoms with E-state index in [0.717, 1.165) is 17.4 Å². The van der Waals surface area contributed by atoms with Gasteiger partial charge in [-0.15, -0.1) is 0 Å². The Morgan fingerprint density at radius 1 is 1.20 bits per heavy atom. The van der Waals surface area contributed by atoms with Crippen LogP contribution in [0.1, 0.15) is 25.0 Å². The summed E-state index contributed by atoms with van der Waals surface area (Å²) in [6.07, 6.45) is 2.84. The molecule has 0 aliphatic heterocycles. The van der Waals surface area contributed by atoms with Crippen molar-refractivity contribution in [2.24, 2.45) is 5.92 Å². The molecule has 0 amide bonds. The van der Waals surface area contributed by atoms with Crippen molar-refractivity contribution in [2.75, 3.05) is 6.61 Å². The average molecular weight is 339 g/mol. The molecular formula is C20H18FNO3. The Bertz CT molecular complexity index is 805. The summed E-state index contributed by atoms with van der Waals surface area (Å²) in [6, 6.07) is 12.6. The summed E-state index contributed by atoms with van der Waals surface area (Å²) in [6.45, 7) is 4.79. The minimum atomic E-state index is -0.728. The molecular weight excluding hydrogens is 321 g/mol. The molecule has 0 bridgehead atoms. The second kappa shape index (κ2) is 8.65. The van der Waals surface area contributed by atoms with Crippen LogP contribution in [-0.4, -0.2) is 12.6 Å². The zero-order valence-electron chi connectivity index (χ0n) is 14.0. The van der Waals surface area contributed by atoms with Crippen LogP contribution in [0.25, 0.3) is 6.08 Å². The van der Waals surface area contributed by atoms with Gasteiger partial charge in [-0.3, -0.25) is 0 Å². The van der Waals surface area contributed by atoms with E-state index in [4.69, 9.17) is 14.7 Å². The number of carbonyl (C=O) groups is 1. The first kappa shape index (κ1) is 18.2. The largest absolute Gasteiger partial charge is 0.493 e. The molecule has 0 aliphatic rings. The van der Waals surface area contributed by atoms with Crippen molar-refractivity contribution in [3.63, 3.8) is 0 Å². The molecule has 2 aromatic carbocycles. The molecule has 4 nitrogen and oxygen atoms in total. The molecule has 128 valence electrons. The molecule has 2 rings (SSSR count). The van der Waals surface area contributed by atoms with Gasteiger partial charge in [0.1, 0.15) is 23.4 Å². The van der Waals surface area contributed by atoms with Crippen molar-refractivity contribution in [1.29, 1.82) is 5.26 Å². The van der Waals surface area contributed by atoms with Crippen LogP contribution in [0.4, 0.5) is 4.39 Å². The third-order valence-corrected chi connectivity index (χ3v) is 3.15. The third kappa shape index (κ3) is 5.78. The maximum absolute atomic E-state index is 13.5. The summed E-state index contributed by atoms with van der Waals surface area (Å²) >= 11 is 0. The van der Waals surface area contributed by atoms with Crippen molar-refractivity contribution in [3.8, 4) is 17.6 Å². The van der Waals surface area contributed by atoms with Crippen molar-refractivity contribution < 1.29 is 18.7 Å². The molecule has 2 aromatic rings. The number of ether oxygens (including phenoxy) is 2. The van der Waals surface area contributed by atoms with E-state index in [1.165, 1.54) is 18.2 Å². The first-order chi connectivity index (χ1) is 12.0. The number of nitrogens with zero attached hydrogens (tertiary/aromatic N) is 1. The van der Waals surface area contributed by atoms with E-state index in [1.54, 1.807) is 12.1 Å². The molecule has 0 N–H and O–H groups in total. The zero-order valence-corrected chi connectivity index (χ0v) is 14.0. The first-order valence-corrected chi connectivity index (χ1v) is 7.80. The van der Waals surface area contributed by atoms with E-state index in [0.29, 0.717) is 12.5 Å². The molecule has 0 fully saturated rings. The monoisotopic (exact) mass is 339 g/mol. The fourth-order valence-electron chi connectivity index (χ4n) is 1.90. The standard InChI is InChI=1S/C20H18FNO3/c1-14(2)13-24-17-7-3-15(4-8-17)5-10-20(23)25-18-9-6-16(12-22)19(21)11-18/h3-11,14H,13H2,1-2H3/b10-5+. The second-order valence-corrected chi connectivity index (χ2v) is 5.78. The number of hydrogen-bond donors (Lipinski definition) is 0. The van der Waals surface area contributed by atoms with Crippen LogP contribution in [0.3, 0.4) is 0 Å². The number of rotatable bonds is 6. The number of halogens is 1. The van der Waals surface area contributed by atoms with Crippen molar-refractivity contribution in [1.82, 2.24) is 0 Å². The summed E-state index contributed by atoms with van der Waals surface area (Å²) in [5.41, 5.74) is 0.704. The minimum Gasteiger partial charge on any atom is -0.493 e. The van der Waals surface area contributed by atoms with Gasteiger partial charge in [0.15, 0.2) is 0 Å². The van der Waals surface area contributed by atoms with Crippen LogP contribution in [0.15, 0.2) is 48.5 Å². The van der Waals surface area contributed by atoms with Crippen LogP contribution in [0, 0.1) is 23.1 Å². The van der Waals surface area contributed by atoms with Gasteiger partial charge in [-0.25, -0.2) is 9.18 Å². The molecule has 0 saturated carbocycles. The van der Waals surface area contributed by atoms with E-state index in [2.05, 4.69) is 13.8 Å². The van der Waals surface area contributed by atoms with E-state index in [9.17, 15) is 9.18 Å². The second-order valence-electron chi connectivity index (χ2n) is 5.78. The van der Waals surface area contributed by atoms with Crippen LogP contribution in [0.2, 0.25) is 0 Å². The number of nitriles is 1. The molecule has 5 heteroatoms. The summed E-state index contributed by atoms with van der Waals surface area (Å²) in [7, 11) is 0. The van der Waals surface area contributed by atoms with Crippen molar-refractivity contribution in [2.45, 2.75) is 13.8 Å². The molecule has 0 spiro atoms. The summed E-state index contributed by atoms with van der Waals surface area (Å²) < 4.78 is 24.0. The van der Waals surface area contributed by atoms with Gasteiger partial charge in [0.05, 0.1) is 12.2 Å². The maximum atomic E-state index is 13.5. The molecule has 0 atom stereocenters. The minimum absolute atomic E-state index is 0.0450. The van der Waals surface area contributed by atoms with E-state index in [1.807, 2.05) is 24.3 Å². The van der Waals surface area contributed by atoms with Crippen LogP contribution in [-0.2, 0) is 4.79 Å². The molecule has 0 aliphatic carbocycles. The number of esters is 1. The molecule has 0 saturated heterocycles. The van der Waals surface area contributed by atoms with Crippen molar-refractivity contribution >= 4 is 12.0 Å². The lowest BCUT2D eigenvalue weighted by molar-refractivity contribution is -0.128. The fourth-order valence-corrected chi connectivity index (χ4v) is 1.90. The number of benzene rings is 2. The smallest absolute Gasteiger partial charge is 0.336 e. The van der Waals surface area contributed by atoms with Crippen LogP contribution in [0.5, 0.6) is 11.5 Å². The average Bonchev–Trinajstić information content (AvgIpc) is 2.59. The highest BCUT2D eigenvalue weighted by atomic mass is 19.1. The quantitative estimate of drug-likeness (QED) is 0.446. The van der Waals surface area contributed by atoms with E-state index >= 15 is 0 Å². The lowest BCUT2D eigenvalue weighted by Gasteiger charge is -2.08. The van der Waals surface area contributed by atoms with Gasteiger partial charge in [-0.2, -0.15) is 5.26 Å². The summed E-state index contributed by atoms with van der Waals surface area (Å²) in [5, 5.41) is 8.66. The van der Waals surface area contributed by atoms with E-state index in [-0.39, 0.29) is 11.3 Å². The summed E-state index contributed by atoms with van der Waals surface area (Å²) in [5.74, 6) is -0.107. The van der Waals surface area contributed by atoms with Crippen molar-refractivity contribution in [3.05, 3.63) is 65.5 Å². The topological polar surface area (TPSA) is 59.3 Å². The Morgan fingerprint density at radius 3 is 2.48 bits per heavy atom. The maximum Gasteiger partial charge on any atom is 0.336 e. The SMILES string of the molecule is CC(C)COc1ccc(/C=C/C(=O)Oc2ccc(C#N)c(F)c2)cc1. The highest BCUT2D eigenvalue weighted by Gasteiger charge is 2.06. The van der Waals surface area contributed by atoms with Gasteiger partial charge in [0.2, 0.25) is 0 Å². The van der Waals surface area contributed by atoms with Gasteiger partial charge in [0, 0.05) is 12.1 Å². The van der Waals surface area contributed by atoms with Gasteiger partial charge in [-0.05, 0) is 41.8 Å². The fraction of sp³-hybridized carbons (Fsp3) is 0.200. The first-order valence-electron chi connectivity index (χ1n) is 7.80. The lowest BCUT2D eigenvalue weighted by Crippen LogP contribution is -2.04. The Hall–Kier alpha value is -3.13. The normalized spacial score (nSPS) is 10.7. The molecule has 0 heterocycles. The molecule has 25 heavy (non-hydrogen) atoms. The number of carbonyl (C=O) groups excluding carboxylic acids is 1. The third-order valence-electron chi connectivity index (χ3n) is 3.15. The van der Waals surface area contributed by atoms with Gasteiger partial charge < -0.3 is 9.47 Å². The van der Waals surface area contributed by atoms with Gasteiger partial charge in [-0.1, -0.05) is 26.0 Å². The highest BCUT2D eigenvalue weighted by molar-refractivity contribution is 5.88. The lowest BCUT2D eigenvalue weighted by atomic mass is 10.2. The van der Waals surface area contributed by atoms with Gasteiger partial charge in [0.25, 0.3) is 0 Å². The van der Waals surface area contributed by atoms with E-state index < -0.39 is 11.8 Å². The zero-order chi connectivity index (χ0) is 18.2. The highest BCUT2D eigenvalue weighted by Crippen LogP contribution is 2.17. The Labute approximate surface area is 146 Å². The Morgan fingerprint density at radius 2 is 1.88 bits per heavy atom. The predicted molar refractivity (Wildman–Crippen MR) is 92.6 cm³/mol.